The van der Waals surface area contributed by atoms with Crippen molar-refractivity contribution in [1.82, 2.24) is 9.78 Å². The molecule has 0 radical (unpaired) electrons. The molecule has 3 nitrogen and oxygen atoms in total. The van der Waals surface area contributed by atoms with Crippen LogP contribution in [0, 0.1) is 18.6 Å². The van der Waals surface area contributed by atoms with Crippen LogP contribution >= 0.6 is 0 Å². The van der Waals surface area contributed by atoms with Gasteiger partial charge in [-0.1, -0.05) is 0 Å². The summed E-state index contributed by atoms with van der Waals surface area (Å²) in [6, 6.07) is 3.46. The van der Waals surface area contributed by atoms with E-state index in [2.05, 4.69) is 10.4 Å². The van der Waals surface area contributed by atoms with Crippen LogP contribution in [-0.4, -0.2) is 9.78 Å². The third kappa shape index (κ3) is 2.81. The maximum atomic E-state index is 12.9. The van der Waals surface area contributed by atoms with Crippen LogP contribution in [0.15, 0.2) is 24.4 Å². The molecule has 0 aliphatic carbocycles. The maximum absolute atomic E-state index is 12.9. The molecule has 2 rings (SSSR count). The first-order chi connectivity index (χ1) is 8.04. The molecule has 90 valence electrons. The van der Waals surface area contributed by atoms with Crippen LogP contribution in [0.25, 0.3) is 0 Å². The lowest BCUT2D eigenvalue weighted by atomic mass is 10.2. The second-order valence-corrected chi connectivity index (χ2v) is 3.97. The minimum absolute atomic E-state index is 0.340. The Morgan fingerprint density at radius 1 is 1.24 bits per heavy atom. The number of anilines is 1. The van der Waals surface area contributed by atoms with Crippen molar-refractivity contribution in [2.45, 2.75) is 13.5 Å². The first-order valence-electron chi connectivity index (χ1n) is 5.23. The molecule has 1 aromatic carbocycles. The molecule has 0 unspecified atom stereocenters. The highest BCUT2D eigenvalue weighted by Gasteiger charge is 2.04. The average Bonchev–Trinajstić information content (AvgIpc) is 2.53. The quantitative estimate of drug-likeness (QED) is 0.889. The molecule has 1 heterocycles. The monoisotopic (exact) mass is 237 g/mol. The Balaban J connectivity index is 2.09. The summed E-state index contributed by atoms with van der Waals surface area (Å²) >= 11 is 0. The van der Waals surface area contributed by atoms with E-state index in [1.807, 2.05) is 20.2 Å². The summed E-state index contributed by atoms with van der Waals surface area (Å²) in [5.41, 5.74) is 1.54. The van der Waals surface area contributed by atoms with Gasteiger partial charge in [-0.25, -0.2) is 8.78 Å². The summed E-state index contributed by atoms with van der Waals surface area (Å²) in [6.45, 7) is 2.26. The van der Waals surface area contributed by atoms with Gasteiger partial charge in [0.05, 0.1) is 0 Å². The van der Waals surface area contributed by atoms with Crippen molar-refractivity contribution in [2.24, 2.45) is 7.05 Å². The summed E-state index contributed by atoms with van der Waals surface area (Å²) in [5.74, 6) is -0.420. The summed E-state index contributed by atoms with van der Waals surface area (Å²) in [7, 11) is 1.82. The lowest BCUT2D eigenvalue weighted by molar-refractivity contribution is 0.580. The van der Waals surface area contributed by atoms with Gasteiger partial charge < -0.3 is 5.32 Å². The van der Waals surface area contributed by atoms with Crippen LogP contribution in [0.1, 0.15) is 11.1 Å². The number of halogens is 2. The zero-order valence-corrected chi connectivity index (χ0v) is 9.67. The van der Waals surface area contributed by atoms with Crippen molar-refractivity contribution in [3.63, 3.8) is 0 Å². The van der Waals surface area contributed by atoms with Gasteiger partial charge in [0.25, 0.3) is 0 Å². The Morgan fingerprint density at radius 3 is 2.41 bits per heavy atom. The SMILES string of the molecule is Cc1cn(C)nc1NCc1cc(F)cc(F)c1. The van der Waals surface area contributed by atoms with Crippen molar-refractivity contribution >= 4 is 5.82 Å². The molecule has 0 atom stereocenters. The zero-order valence-electron chi connectivity index (χ0n) is 9.67. The molecule has 17 heavy (non-hydrogen) atoms. The molecule has 0 aliphatic heterocycles. The van der Waals surface area contributed by atoms with Crippen molar-refractivity contribution < 1.29 is 8.78 Å². The summed E-state index contributed by atoms with van der Waals surface area (Å²) < 4.78 is 27.6. The van der Waals surface area contributed by atoms with Gasteiger partial charge in [-0.2, -0.15) is 5.10 Å². The van der Waals surface area contributed by atoms with Gasteiger partial charge in [-0.05, 0) is 24.6 Å². The van der Waals surface area contributed by atoms with Crippen LogP contribution in [0.2, 0.25) is 0 Å². The van der Waals surface area contributed by atoms with E-state index in [9.17, 15) is 8.78 Å². The van der Waals surface area contributed by atoms with Gasteiger partial charge in [0.15, 0.2) is 5.82 Å². The Labute approximate surface area is 98.1 Å². The lowest BCUT2D eigenvalue weighted by Gasteiger charge is -2.05. The highest BCUT2D eigenvalue weighted by molar-refractivity contribution is 5.42. The number of nitrogens with one attached hydrogen (secondary N) is 1. The summed E-state index contributed by atoms with van der Waals surface area (Å²) in [5, 5.41) is 7.23. The molecule has 5 heteroatoms. The standard InChI is InChI=1S/C12H13F2N3/c1-8-7-17(2)16-12(8)15-6-9-3-10(13)5-11(14)4-9/h3-5,7H,6H2,1-2H3,(H,15,16). The van der Waals surface area contributed by atoms with Crippen LogP contribution in [0.4, 0.5) is 14.6 Å². The summed E-state index contributed by atoms with van der Waals surface area (Å²) in [4.78, 5) is 0. The van der Waals surface area contributed by atoms with E-state index >= 15 is 0 Å². The first kappa shape index (κ1) is 11.6. The number of aryl methyl sites for hydroxylation is 2. The number of rotatable bonds is 3. The molecule has 0 aliphatic rings. The molecular weight excluding hydrogens is 224 g/mol. The lowest BCUT2D eigenvalue weighted by Crippen LogP contribution is -2.02. The highest BCUT2D eigenvalue weighted by Crippen LogP contribution is 2.13. The van der Waals surface area contributed by atoms with Gasteiger partial charge in [0, 0.05) is 31.4 Å². The Hall–Kier alpha value is -1.91. The van der Waals surface area contributed by atoms with Crippen molar-refractivity contribution in [1.29, 1.82) is 0 Å². The molecule has 0 spiro atoms. The van der Waals surface area contributed by atoms with Gasteiger partial charge in [-0.3, -0.25) is 4.68 Å². The maximum Gasteiger partial charge on any atom is 0.151 e. The Morgan fingerprint density at radius 2 is 1.88 bits per heavy atom. The minimum atomic E-state index is -0.570. The van der Waals surface area contributed by atoms with Crippen LogP contribution in [-0.2, 0) is 13.6 Å². The third-order valence-electron chi connectivity index (χ3n) is 2.39. The number of aromatic nitrogens is 2. The van der Waals surface area contributed by atoms with Crippen LogP contribution in [0.5, 0.6) is 0 Å². The molecule has 2 aromatic rings. The van der Waals surface area contributed by atoms with E-state index in [1.54, 1.807) is 4.68 Å². The summed E-state index contributed by atoms with van der Waals surface area (Å²) in [6.07, 6.45) is 1.87. The number of hydrogen-bond acceptors (Lipinski definition) is 2. The van der Waals surface area contributed by atoms with Crippen LogP contribution in [0.3, 0.4) is 0 Å². The van der Waals surface area contributed by atoms with Gasteiger partial charge >= 0.3 is 0 Å². The normalized spacial score (nSPS) is 10.6. The Bertz CT molecular complexity index is 514. The fourth-order valence-corrected chi connectivity index (χ4v) is 1.68. The van der Waals surface area contributed by atoms with Crippen molar-refractivity contribution in [2.75, 3.05) is 5.32 Å². The molecule has 1 aromatic heterocycles. The molecule has 0 bridgehead atoms. The van der Waals surface area contributed by atoms with E-state index < -0.39 is 11.6 Å². The van der Waals surface area contributed by atoms with E-state index in [0.717, 1.165) is 17.4 Å². The second-order valence-electron chi connectivity index (χ2n) is 3.97. The second kappa shape index (κ2) is 4.53. The molecule has 0 fully saturated rings. The van der Waals surface area contributed by atoms with E-state index in [0.29, 0.717) is 12.1 Å². The molecule has 1 N–H and O–H groups in total. The number of nitrogens with zero attached hydrogens (tertiary/aromatic N) is 2. The average molecular weight is 237 g/mol. The zero-order chi connectivity index (χ0) is 12.4. The predicted octanol–water partition coefficient (Wildman–Crippen LogP) is 2.62. The predicted molar refractivity (Wildman–Crippen MR) is 61.6 cm³/mol. The minimum Gasteiger partial charge on any atom is -0.364 e. The molecule has 0 amide bonds. The molecular formula is C12H13F2N3. The topological polar surface area (TPSA) is 29.9 Å². The van der Waals surface area contributed by atoms with E-state index in [1.165, 1.54) is 12.1 Å². The Kier molecular flexibility index (Phi) is 3.08. The first-order valence-corrected chi connectivity index (χ1v) is 5.23. The number of hydrogen-bond donors (Lipinski definition) is 1. The van der Waals surface area contributed by atoms with E-state index in [4.69, 9.17) is 0 Å². The van der Waals surface area contributed by atoms with Crippen molar-refractivity contribution in [3.05, 3.63) is 47.2 Å². The van der Waals surface area contributed by atoms with E-state index in [-0.39, 0.29) is 0 Å². The van der Waals surface area contributed by atoms with Crippen molar-refractivity contribution in [3.8, 4) is 0 Å². The largest absolute Gasteiger partial charge is 0.364 e. The number of benzene rings is 1. The van der Waals surface area contributed by atoms with Gasteiger partial charge in [0.1, 0.15) is 11.6 Å². The fraction of sp³-hybridized carbons (Fsp3) is 0.250. The van der Waals surface area contributed by atoms with Gasteiger partial charge in [-0.15, -0.1) is 0 Å². The highest BCUT2D eigenvalue weighted by atomic mass is 19.1. The fourth-order valence-electron chi connectivity index (χ4n) is 1.68. The molecule has 0 saturated heterocycles. The smallest absolute Gasteiger partial charge is 0.151 e. The van der Waals surface area contributed by atoms with Gasteiger partial charge in [0.2, 0.25) is 0 Å². The molecule has 0 saturated carbocycles. The third-order valence-corrected chi connectivity index (χ3v) is 2.39. The van der Waals surface area contributed by atoms with Crippen LogP contribution < -0.4 is 5.32 Å².